The molecule has 1 aliphatic carbocycles. The molecular weight excluding hydrogens is 212 g/mol. The van der Waals surface area contributed by atoms with Crippen molar-refractivity contribution in [3.8, 4) is 0 Å². The van der Waals surface area contributed by atoms with E-state index in [9.17, 15) is 0 Å². The fourth-order valence-corrected chi connectivity index (χ4v) is 3.25. The largest absolute Gasteiger partial charge is 0.330 e. The molecule has 2 aliphatic rings. The van der Waals surface area contributed by atoms with Gasteiger partial charge in [0.1, 0.15) is 0 Å². The quantitative estimate of drug-likeness (QED) is 0.857. The Kier molecular flexibility index (Phi) is 2.92. The molecule has 1 saturated heterocycles. The van der Waals surface area contributed by atoms with E-state index in [2.05, 4.69) is 16.1 Å². The smallest absolute Gasteiger partial charge is 0.0560 e. The van der Waals surface area contributed by atoms with Gasteiger partial charge in [-0.1, -0.05) is 0 Å². The standard InChI is InChI=1S/C13H22N4/c1-16-12(6-7-15-16)13-10(9-14)3-2-8-17(13)11-4-5-11/h6-7,10-11,13H,2-5,8-9,14H2,1H3/t10-,13-/m0/s1. The molecule has 2 atom stereocenters. The van der Waals surface area contributed by atoms with Crippen LogP contribution in [-0.2, 0) is 7.05 Å². The summed E-state index contributed by atoms with van der Waals surface area (Å²) in [4.78, 5) is 2.68. The number of aryl methyl sites for hydroxylation is 1. The van der Waals surface area contributed by atoms with Gasteiger partial charge >= 0.3 is 0 Å². The fraction of sp³-hybridized carbons (Fsp3) is 0.769. The van der Waals surface area contributed by atoms with Gasteiger partial charge in [-0.05, 0) is 50.8 Å². The molecule has 4 nitrogen and oxygen atoms in total. The number of hydrogen-bond acceptors (Lipinski definition) is 3. The molecule has 1 saturated carbocycles. The van der Waals surface area contributed by atoms with E-state index in [4.69, 9.17) is 5.73 Å². The van der Waals surface area contributed by atoms with Crippen LogP contribution in [0.4, 0.5) is 0 Å². The maximum absolute atomic E-state index is 5.98. The van der Waals surface area contributed by atoms with Gasteiger partial charge in [0.15, 0.2) is 0 Å². The molecule has 2 heterocycles. The minimum atomic E-state index is 0.494. The average Bonchev–Trinajstić information content (AvgIpc) is 3.11. The van der Waals surface area contributed by atoms with Crippen LogP contribution in [-0.4, -0.2) is 33.8 Å². The molecule has 0 unspecified atom stereocenters. The van der Waals surface area contributed by atoms with Gasteiger partial charge in [-0.2, -0.15) is 5.10 Å². The molecule has 17 heavy (non-hydrogen) atoms. The number of rotatable bonds is 3. The highest BCUT2D eigenvalue weighted by Crippen LogP contribution is 2.42. The molecule has 0 radical (unpaired) electrons. The third-order valence-electron chi connectivity index (χ3n) is 4.28. The molecule has 0 amide bonds. The Bertz CT molecular complexity index is 383. The normalized spacial score (nSPS) is 30.7. The molecule has 3 rings (SSSR count). The first-order valence-corrected chi connectivity index (χ1v) is 6.75. The van der Waals surface area contributed by atoms with E-state index < -0.39 is 0 Å². The Hall–Kier alpha value is -0.870. The third-order valence-corrected chi connectivity index (χ3v) is 4.28. The summed E-state index contributed by atoms with van der Waals surface area (Å²) < 4.78 is 2.02. The highest BCUT2D eigenvalue weighted by Gasteiger charge is 2.40. The van der Waals surface area contributed by atoms with Crippen LogP contribution in [0.25, 0.3) is 0 Å². The molecular formula is C13H22N4. The van der Waals surface area contributed by atoms with Gasteiger partial charge in [0, 0.05) is 19.3 Å². The van der Waals surface area contributed by atoms with Crippen LogP contribution in [0.1, 0.15) is 37.4 Å². The molecule has 1 aliphatic heterocycles. The zero-order valence-electron chi connectivity index (χ0n) is 10.5. The summed E-state index contributed by atoms with van der Waals surface area (Å²) in [7, 11) is 2.04. The second-order valence-electron chi connectivity index (χ2n) is 5.43. The maximum Gasteiger partial charge on any atom is 0.0560 e. The summed E-state index contributed by atoms with van der Waals surface area (Å²) in [5, 5.41) is 4.32. The van der Waals surface area contributed by atoms with Crippen molar-refractivity contribution in [1.82, 2.24) is 14.7 Å². The van der Waals surface area contributed by atoms with Crippen molar-refractivity contribution in [2.75, 3.05) is 13.1 Å². The van der Waals surface area contributed by atoms with Crippen molar-refractivity contribution in [2.24, 2.45) is 18.7 Å². The van der Waals surface area contributed by atoms with Gasteiger partial charge in [0.25, 0.3) is 0 Å². The highest BCUT2D eigenvalue weighted by atomic mass is 15.3. The Balaban J connectivity index is 1.91. The highest BCUT2D eigenvalue weighted by molar-refractivity contribution is 5.12. The Morgan fingerprint density at radius 1 is 1.41 bits per heavy atom. The van der Waals surface area contributed by atoms with E-state index in [1.807, 2.05) is 17.9 Å². The monoisotopic (exact) mass is 234 g/mol. The third kappa shape index (κ3) is 2.00. The van der Waals surface area contributed by atoms with Crippen LogP contribution in [0.5, 0.6) is 0 Å². The number of hydrogen-bond donors (Lipinski definition) is 1. The topological polar surface area (TPSA) is 47.1 Å². The molecule has 94 valence electrons. The summed E-state index contributed by atoms with van der Waals surface area (Å²) >= 11 is 0. The molecule has 1 aromatic rings. The second kappa shape index (κ2) is 4.42. The molecule has 0 aromatic carbocycles. The number of likely N-dealkylation sites (tertiary alicyclic amines) is 1. The second-order valence-corrected chi connectivity index (χ2v) is 5.43. The van der Waals surface area contributed by atoms with E-state index >= 15 is 0 Å². The molecule has 1 aromatic heterocycles. The van der Waals surface area contributed by atoms with E-state index in [1.165, 1.54) is 37.9 Å². The lowest BCUT2D eigenvalue weighted by molar-refractivity contribution is 0.0822. The predicted octanol–water partition coefficient (Wildman–Crippen LogP) is 1.29. The van der Waals surface area contributed by atoms with Crippen LogP contribution < -0.4 is 5.73 Å². The maximum atomic E-state index is 5.98. The lowest BCUT2D eigenvalue weighted by Crippen LogP contribution is -2.43. The van der Waals surface area contributed by atoms with Crippen molar-refractivity contribution < 1.29 is 0 Å². The minimum absolute atomic E-state index is 0.494. The first-order chi connectivity index (χ1) is 8.31. The van der Waals surface area contributed by atoms with Crippen LogP contribution in [0.3, 0.4) is 0 Å². The zero-order valence-corrected chi connectivity index (χ0v) is 10.5. The molecule has 0 bridgehead atoms. The van der Waals surface area contributed by atoms with Gasteiger partial charge in [-0.15, -0.1) is 0 Å². The number of aromatic nitrogens is 2. The first kappa shape index (κ1) is 11.2. The van der Waals surface area contributed by atoms with Crippen LogP contribution in [0.2, 0.25) is 0 Å². The van der Waals surface area contributed by atoms with E-state index in [0.717, 1.165) is 12.6 Å². The fourth-order valence-electron chi connectivity index (χ4n) is 3.25. The summed E-state index contributed by atoms with van der Waals surface area (Å²) in [6, 6.07) is 3.46. The van der Waals surface area contributed by atoms with Crippen molar-refractivity contribution in [2.45, 2.75) is 37.8 Å². The molecule has 0 spiro atoms. The lowest BCUT2D eigenvalue weighted by Gasteiger charge is -2.41. The van der Waals surface area contributed by atoms with Crippen molar-refractivity contribution in [1.29, 1.82) is 0 Å². The van der Waals surface area contributed by atoms with Crippen LogP contribution >= 0.6 is 0 Å². The van der Waals surface area contributed by atoms with Crippen molar-refractivity contribution in [3.63, 3.8) is 0 Å². The van der Waals surface area contributed by atoms with Crippen LogP contribution in [0.15, 0.2) is 12.3 Å². The molecule has 2 fully saturated rings. The molecule has 2 N–H and O–H groups in total. The van der Waals surface area contributed by atoms with Gasteiger partial charge in [0.2, 0.25) is 0 Å². The number of nitrogens with two attached hydrogens (primary N) is 1. The Morgan fingerprint density at radius 2 is 2.24 bits per heavy atom. The van der Waals surface area contributed by atoms with Crippen molar-refractivity contribution >= 4 is 0 Å². The van der Waals surface area contributed by atoms with Gasteiger partial charge < -0.3 is 5.73 Å². The number of piperidine rings is 1. The van der Waals surface area contributed by atoms with Gasteiger partial charge in [-0.25, -0.2) is 0 Å². The number of nitrogens with zero attached hydrogens (tertiary/aromatic N) is 3. The van der Waals surface area contributed by atoms with E-state index in [-0.39, 0.29) is 0 Å². The van der Waals surface area contributed by atoms with Gasteiger partial charge in [-0.3, -0.25) is 9.58 Å². The average molecular weight is 234 g/mol. The predicted molar refractivity (Wildman–Crippen MR) is 67.5 cm³/mol. The van der Waals surface area contributed by atoms with Gasteiger partial charge in [0.05, 0.1) is 11.7 Å². The lowest BCUT2D eigenvalue weighted by atomic mass is 9.87. The molecule has 4 heteroatoms. The summed E-state index contributed by atoms with van der Waals surface area (Å²) in [5.74, 6) is 0.597. The van der Waals surface area contributed by atoms with E-state index in [1.54, 1.807) is 0 Å². The Labute approximate surface area is 103 Å². The first-order valence-electron chi connectivity index (χ1n) is 6.75. The summed E-state index contributed by atoms with van der Waals surface area (Å²) in [5.41, 5.74) is 7.32. The summed E-state index contributed by atoms with van der Waals surface area (Å²) in [6.07, 6.45) is 7.20. The van der Waals surface area contributed by atoms with E-state index in [0.29, 0.717) is 12.0 Å². The SMILES string of the molecule is Cn1nccc1[C@@H]1[C@H](CN)CCCN1C1CC1. The minimum Gasteiger partial charge on any atom is -0.330 e. The van der Waals surface area contributed by atoms with Crippen LogP contribution in [0, 0.1) is 5.92 Å². The van der Waals surface area contributed by atoms with Crippen molar-refractivity contribution in [3.05, 3.63) is 18.0 Å². The zero-order chi connectivity index (χ0) is 11.8. The Morgan fingerprint density at radius 3 is 2.82 bits per heavy atom. The summed E-state index contributed by atoms with van der Waals surface area (Å²) in [6.45, 7) is 2.02.